The maximum Gasteiger partial charge on any atom is 0.228 e. The molecule has 0 fully saturated rings. The number of carbonyl (C=O) groups excluding carboxylic acids is 1. The first kappa shape index (κ1) is 18.5. The van der Waals surface area contributed by atoms with Crippen molar-refractivity contribution in [2.45, 2.75) is 20.8 Å². The van der Waals surface area contributed by atoms with Crippen LogP contribution in [-0.4, -0.2) is 50.6 Å². The van der Waals surface area contributed by atoms with Gasteiger partial charge >= 0.3 is 0 Å². The highest BCUT2D eigenvalue weighted by molar-refractivity contribution is 5.93. The van der Waals surface area contributed by atoms with E-state index >= 15 is 0 Å². The SMILES string of the molecule is CCN(CC)CCOc1ccccc1NC(=O)C(C)CNC. The second kappa shape index (κ2) is 10.2. The number of nitrogens with one attached hydrogen (secondary N) is 2. The van der Waals surface area contributed by atoms with Gasteiger partial charge in [0.25, 0.3) is 0 Å². The van der Waals surface area contributed by atoms with Gasteiger partial charge in [0.1, 0.15) is 12.4 Å². The van der Waals surface area contributed by atoms with E-state index in [1.807, 2.05) is 38.2 Å². The van der Waals surface area contributed by atoms with Crippen LogP contribution in [0.3, 0.4) is 0 Å². The number of ether oxygens (including phenoxy) is 1. The summed E-state index contributed by atoms with van der Waals surface area (Å²) in [4.78, 5) is 14.4. The van der Waals surface area contributed by atoms with Crippen LogP contribution in [-0.2, 0) is 4.79 Å². The van der Waals surface area contributed by atoms with Crippen molar-refractivity contribution in [2.75, 3.05) is 45.2 Å². The molecule has 22 heavy (non-hydrogen) atoms. The molecule has 0 spiro atoms. The third kappa shape index (κ3) is 6.03. The van der Waals surface area contributed by atoms with Gasteiger partial charge in [0.15, 0.2) is 0 Å². The Bertz CT molecular complexity index is 447. The van der Waals surface area contributed by atoms with Gasteiger partial charge in [0, 0.05) is 19.0 Å². The fourth-order valence-corrected chi connectivity index (χ4v) is 2.18. The van der Waals surface area contributed by atoms with Gasteiger partial charge < -0.3 is 20.3 Å². The van der Waals surface area contributed by atoms with E-state index in [0.717, 1.165) is 31.1 Å². The summed E-state index contributed by atoms with van der Waals surface area (Å²) >= 11 is 0. The van der Waals surface area contributed by atoms with Gasteiger partial charge in [-0.15, -0.1) is 0 Å². The first-order valence-corrected chi connectivity index (χ1v) is 8.01. The number of carbonyl (C=O) groups is 1. The van der Waals surface area contributed by atoms with Crippen LogP contribution in [0.1, 0.15) is 20.8 Å². The number of nitrogens with zero attached hydrogens (tertiary/aromatic N) is 1. The first-order valence-electron chi connectivity index (χ1n) is 8.01. The molecule has 1 unspecified atom stereocenters. The fourth-order valence-electron chi connectivity index (χ4n) is 2.18. The average Bonchev–Trinajstić information content (AvgIpc) is 2.53. The predicted octanol–water partition coefficient (Wildman–Crippen LogP) is 2.20. The van der Waals surface area contributed by atoms with Crippen molar-refractivity contribution < 1.29 is 9.53 Å². The quantitative estimate of drug-likeness (QED) is 0.696. The number of amides is 1. The molecule has 0 bridgehead atoms. The zero-order valence-electron chi connectivity index (χ0n) is 14.2. The highest BCUT2D eigenvalue weighted by Crippen LogP contribution is 2.24. The van der Waals surface area contributed by atoms with Crippen LogP contribution in [0.4, 0.5) is 5.69 Å². The van der Waals surface area contributed by atoms with E-state index in [1.54, 1.807) is 0 Å². The minimum atomic E-state index is -0.0891. The Morgan fingerprint density at radius 2 is 1.95 bits per heavy atom. The number of hydrogen-bond acceptors (Lipinski definition) is 4. The van der Waals surface area contributed by atoms with Crippen LogP contribution in [0, 0.1) is 5.92 Å². The molecule has 0 aliphatic heterocycles. The standard InChI is InChI=1S/C17H29N3O2/c1-5-20(6-2)11-12-22-16-10-8-7-9-15(16)19-17(21)14(3)13-18-4/h7-10,14,18H,5-6,11-13H2,1-4H3,(H,19,21). The van der Waals surface area contributed by atoms with Gasteiger partial charge in [-0.05, 0) is 32.3 Å². The zero-order valence-corrected chi connectivity index (χ0v) is 14.2. The molecule has 124 valence electrons. The summed E-state index contributed by atoms with van der Waals surface area (Å²) in [5.41, 5.74) is 0.731. The molecule has 0 saturated carbocycles. The van der Waals surface area contributed by atoms with Crippen LogP contribution in [0.5, 0.6) is 5.75 Å². The zero-order chi connectivity index (χ0) is 16.4. The van der Waals surface area contributed by atoms with Gasteiger partial charge in [-0.2, -0.15) is 0 Å². The lowest BCUT2D eigenvalue weighted by Crippen LogP contribution is -2.29. The van der Waals surface area contributed by atoms with Crippen molar-refractivity contribution in [3.63, 3.8) is 0 Å². The van der Waals surface area contributed by atoms with E-state index < -0.39 is 0 Å². The third-order valence-electron chi connectivity index (χ3n) is 3.66. The number of hydrogen-bond donors (Lipinski definition) is 2. The lowest BCUT2D eigenvalue weighted by Gasteiger charge is -2.19. The van der Waals surface area contributed by atoms with E-state index in [0.29, 0.717) is 13.2 Å². The van der Waals surface area contributed by atoms with Crippen molar-refractivity contribution in [3.8, 4) is 5.75 Å². The summed E-state index contributed by atoms with van der Waals surface area (Å²) < 4.78 is 5.84. The minimum Gasteiger partial charge on any atom is -0.490 e. The summed E-state index contributed by atoms with van der Waals surface area (Å²) in [5, 5.41) is 5.95. The van der Waals surface area contributed by atoms with Crippen LogP contribution in [0.15, 0.2) is 24.3 Å². The molecule has 0 heterocycles. The van der Waals surface area contributed by atoms with E-state index in [1.165, 1.54) is 0 Å². The molecule has 1 aromatic rings. The molecule has 2 N–H and O–H groups in total. The second-order valence-corrected chi connectivity index (χ2v) is 5.32. The van der Waals surface area contributed by atoms with Gasteiger partial charge in [-0.1, -0.05) is 32.9 Å². The maximum atomic E-state index is 12.1. The predicted molar refractivity (Wildman–Crippen MR) is 91.4 cm³/mol. The molecule has 0 saturated heterocycles. The Morgan fingerprint density at radius 3 is 2.59 bits per heavy atom. The number of para-hydroxylation sites is 2. The molecule has 1 aromatic carbocycles. The maximum absolute atomic E-state index is 12.1. The molecule has 5 nitrogen and oxygen atoms in total. The number of benzene rings is 1. The smallest absolute Gasteiger partial charge is 0.228 e. The average molecular weight is 307 g/mol. The summed E-state index contributed by atoms with van der Waals surface area (Å²) in [6.07, 6.45) is 0. The Hall–Kier alpha value is -1.59. The molecule has 1 rings (SSSR count). The minimum absolute atomic E-state index is 0.00542. The Kier molecular flexibility index (Phi) is 8.55. The van der Waals surface area contributed by atoms with E-state index in [9.17, 15) is 4.79 Å². The van der Waals surface area contributed by atoms with Gasteiger partial charge in [0.05, 0.1) is 5.69 Å². The Morgan fingerprint density at radius 1 is 1.27 bits per heavy atom. The molecule has 0 aliphatic rings. The van der Waals surface area contributed by atoms with E-state index in [2.05, 4.69) is 29.4 Å². The van der Waals surface area contributed by atoms with Crippen LogP contribution < -0.4 is 15.4 Å². The first-order chi connectivity index (χ1) is 10.6. The number of rotatable bonds is 10. The summed E-state index contributed by atoms with van der Waals surface area (Å²) in [5.74, 6) is 0.627. The molecular weight excluding hydrogens is 278 g/mol. The van der Waals surface area contributed by atoms with Crippen molar-refractivity contribution in [1.29, 1.82) is 0 Å². The highest BCUT2D eigenvalue weighted by atomic mass is 16.5. The van der Waals surface area contributed by atoms with Crippen LogP contribution in [0.2, 0.25) is 0 Å². The molecule has 5 heteroatoms. The van der Waals surface area contributed by atoms with Crippen molar-refractivity contribution >= 4 is 11.6 Å². The monoisotopic (exact) mass is 307 g/mol. The lowest BCUT2D eigenvalue weighted by molar-refractivity contribution is -0.119. The van der Waals surface area contributed by atoms with Gasteiger partial charge in [-0.25, -0.2) is 0 Å². The molecule has 1 amide bonds. The fraction of sp³-hybridized carbons (Fsp3) is 0.588. The largest absolute Gasteiger partial charge is 0.490 e. The Balaban J connectivity index is 2.60. The molecule has 0 aliphatic carbocycles. The summed E-state index contributed by atoms with van der Waals surface area (Å²) in [7, 11) is 1.84. The van der Waals surface area contributed by atoms with Gasteiger partial charge in [-0.3, -0.25) is 4.79 Å². The lowest BCUT2D eigenvalue weighted by atomic mass is 10.1. The van der Waals surface area contributed by atoms with Crippen molar-refractivity contribution in [1.82, 2.24) is 10.2 Å². The van der Waals surface area contributed by atoms with Crippen molar-refractivity contribution in [2.24, 2.45) is 5.92 Å². The van der Waals surface area contributed by atoms with Crippen LogP contribution >= 0.6 is 0 Å². The molecule has 0 aromatic heterocycles. The Labute approximate surface area is 134 Å². The van der Waals surface area contributed by atoms with E-state index in [-0.39, 0.29) is 11.8 Å². The number of likely N-dealkylation sites (N-methyl/N-ethyl adjacent to an activating group) is 1. The van der Waals surface area contributed by atoms with Gasteiger partial charge in [0.2, 0.25) is 5.91 Å². The topological polar surface area (TPSA) is 53.6 Å². The van der Waals surface area contributed by atoms with Crippen molar-refractivity contribution in [3.05, 3.63) is 24.3 Å². The highest BCUT2D eigenvalue weighted by Gasteiger charge is 2.14. The number of anilines is 1. The normalized spacial score (nSPS) is 12.2. The molecular formula is C17H29N3O2. The molecule has 0 radical (unpaired) electrons. The second-order valence-electron chi connectivity index (χ2n) is 5.32. The van der Waals surface area contributed by atoms with E-state index in [4.69, 9.17) is 4.74 Å². The molecule has 1 atom stereocenters. The van der Waals surface area contributed by atoms with Crippen LogP contribution in [0.25, 0.3) is 0 Å². The summed E-state index contributed by atoms with van der Waals surface area (Å²) in [6, 6.07) is 7.58. The third-order valence-corrected chi connectivity index (χ3v) is 3.66. The summed E-state index contributed by atoms with van der Waals surface area (Å²) in [6.45, 7) is 10.3.